The van der Waals surface area contributed by atoms with Crippen LogP contribution in [0.4, 0.5) is 0 Å². The molecule has 1 heterocycles. The van der Waals surface area contributed by atoms with Crippen molar-refractivity contribution < 1.29 is 9.90 Å². The van der Waals surface area contributed by atoms with Crippen LogP contribution in [0, 0.1) is 19.8 Å². The lowest BCUT2D eigenvalue weighted by Gasteiger charge is -2.13. The third-order valence-corrected chi connectivity index (χ3v) is 3.68. The third kappa shape index (κ3) is 4.44. The predicted octanol–water partition coefficient (Wildman–Crippen LogP) is 1.78. The summed E-state index contributed by atoms with van der Waals surface area (Å²) in [6, 6.07) is 0. The van der Waals surface area contributed by atoms with Gasteiger partial charge in [0.25, 0.3) is 0 Å². The molecule has 1 unspecified atom stereocenters. The monoisotopic (exact) mass is 256 g/mol. The van der Waals surface area contributed by atoms with Crippen LogP contribution in [0.3, 0.4) is 0 Å². The van der Waals surface area contributed by atoms with Crippen LogP contribution in [0.1, 0.15) is 35.8 Å². The number of hydrogen-bond donors (Lipinski definition) is 2. The number of nitrogens with one attached hydrogen (secondary N) is 1. The number of carbonyl (C=O) groups excluding carboxylic acids is 1. The van der Waals surface area contributed by atoms with E-state index >= 15 is 0 Å². The zero-order valence-corrected chi connectivity index (χ0v) is 11.6. The Labute approximate surface area is 106 Å². The van der Waals surface area contributed by atoms with Gasteiger partial charge < -0.3 is 10.4 Å². The Morgan fingerprint density at radius 2 is 2.12 bits per heavy atom. The molecule has 1 aromatic heterocycles. The lowest BCUT2D eigenvalue weighted by Crippen LogP contribution is -2.29. The van der Waals surface area contributed by atoms with E-state index in [0.29, 0.717) is 6.54 Å². The molecule has 0 aliphatic rings. The van der Waals surface area contributed by atoms with Gasteiger partial charge in [-0.2, -0.15) is 0 Å². The molecule has 1 amide bonds. The maximum absolute atomic E-state index is 11.6. The summed E-state index contributed by atoms with van der Waals surface area (Å²) in [6.45, 7) is 8.18. The number of rotatable bonds is 5. The number of thiazole rings is 1. The van der Waals surface area contributed by atoms with Crippen molar-refractivity contribution in [3.05, 3.63) is 15.6 Å². The van der Waals surface area contributed by atoms with Gasteiger partial charge in [0.2, 0.25) is 5.91 Å². The number of amides is 1. The summed E-state index contributed by atoms with van der Waals surface area (Å²) in [7, 11) is 0. The molecule has 17 heavy (non-hydrogen) atoms. The van der Waals surface area contributed by atoms with Crippen molar-refractivity contribution in [1.82, 2.24) is 10.3 Å². The third-order valence-electron chi connectivity index (χ3n) is 2.61. The minimum Gasteiger partial charge on any atom is -0.392 e. The second-order valence-corrected chi connectivity index (χ2v) is 5.82. The molecule has 4 nitrogen and oxygen atoms in total. The molecule has 0 saturated carbocycles. The van der Waals surface area contributed by atoms with E-state index in [2.05, 4.69) is 10.3 Å². The fraction of sp³-hybridized carbons (Fsp3) is 0.667. The first-order valence-corrected chi connectivity index (χ1v) is 6.59. The molecular formula is C12H20N2O2S. The molecule has 1 atom stereocenters. The maximum atomic E-state index is 11.6. The Morgan fingerprint density at radius 3 is 2.59 bits per heavy atom. The summed E-state index contributed by atoms with van der Waals surface area (Å²) in [5.74, 6) is -0.00946. The quantitative estimate of drug-likeness (QED) is 0.844. The molecule has 0 bridgehead atoms. The zero-order chi connectivity index (χ0) is 13.0. The molecule has 0 radical (unpaired) electrons. The van der Waals surface area contributed by atoms with Crippen molar-refractivity contribution in [3.8, 4) is 0 Å². The van der Waals surface area contributed by atoms with Gasteiger partial charge in [-0.05, 0) is 19.8 Å². The van der Waals surface area contributed by atoms with E-state index in [4.69, 9.17) is 0 Å². The number of carbonyl (C=O) groups is 1. The number of aliphatic hydroxyl groups excluding tert-OH is 1. The van der Waals surface area contributed by atoms with Gasteiger partial charge in [-0.25, -0.2) is 4.98 Å². The minimum atomic E-state index is -0.570. The highest BCUT2D eigenvalue weighted by Crippen LogP contribution is 2.16. The fourth-order valence-electron chi connectivity index (χ4n) is 1.41. The van der Waals surface area contributed by atoms with E-state index in [-0.39, 0.29) is 18.2 Å². The summed E-state index contributed by atoms with van der Waals surface area (Å²) in [5.41, 5.74) is 0.970. The molecule has 0 fully saturated rings. The van der Waals surface area contributed by atoms with Crippen molar-refractivity contribution in [3.63, 3.8) is 0 Å². The van der Waals surface area contributed by atoms with Gasteiger partial charge in [-0.3, -0.25) is 4.79 Å². The molecular weight excluding hydrogens is 236 g/mol. The Balaban J connectivity index is 2.41. The zero-order valence-electron chi connectivity index (χ0n) is 10.8. The highest BCUT2D eigenvalue weighted by molar-refractivity contribution is 7.11. The van der Waals surface area contributed by atoms with Crippen LogP contribution in [0.25, 0.3) is 0 Å². The Bertz CT molecular complexity index is 388. The van der Waals surface area contributed by atoms with Crippen molar-refractivity contribution in [2.75, 3.05) is 0 Å². The van der Waals surface area contributed by atoms with Crippen molar-refractivity contribution in [2.45, 2.75) is 46.8 Å². The van der Waals surface area contributed by atoms with E-state index in [0.717, 1.165) is 15.6 Å². The average Bonchev–Trinajstić information content (AvgIpc) is 2.54. The number of nitrogens with zero attached hydrogens (tertiary/aromatic N) is 1. The first-order chi connectivity index (χ1) is 7.90. The second-order valence-electron chi connectivity index (χ2n) is 4.53. The number of aliphatic hydroxyl groups is 1. The smallest absolute Gasteiger partial charge is 0.222 e. The van der Waals surface area contributed by atoms with Crippen LogP contribution >= 0.6 is 11.3 Å². The number of hydrogen-bond acceptors (Lipinski definition) is 4. The lowest BCUT2D eigenvalue weighted by molar-refractivity contribution is -0.123. The van der Waals surface area contributed by atoms with Crippen molar-refractivity contribution in [2.24, 2.45) is 5.92 Å². The van der Waals surface area contributed by atoms with Gasteiger partial charge >= 0.3 is 0 Å². The molecule has 0 aliphatic carbocycles. The lowest BCUT2D eigenvalue weighted by atomic mass is 10.0. The average molecular weight is 256 g/mol. The Hall–Kier alpha value is -0.940. The molecule has 0 saturated heterocycles. The van der Waals surface area contributed by atoms with Crippen LogP contribution in [0.5, 0.6) is 0 Å². The molecule has 96 valence electrons. The second kappa shape index (κ2) is 6.12. The van der Waals surface area contributed by atoms with Crippen LogP contribution in [-0.2, 0) is 11.3 Å². The summed E-state index contributed by atoms with van der Waals surface area (Å²) in [6.07, 6.45) is -0.409. The summed E-state index contributed by atoms with van der Waals surface area (Å²) in [5, 5.41) is 13.4. The van der Waals surface area contributed by atoms with E-state index in [1.54, 1.807) is 11.3 Å². The number of aromatic nitrogens is 1. The van der Waals surface area contributed by atoms with Gasteiger partial charge in [0.1, 0.15) is 0 Å². The summed E-state index contributed by atoms with van der Waals surface area (Å²) >= 11 is 1.59. The molecule has 1 aromatic rings. The van der Waals surface area contributed by atoms with Crippen LogP contribution in [-0.4, -0.2) is 22.1 Å². The number of aryl methyl sites for hydroxylation is 2. The Kier molecular flexibility index (Phi) is 5.08. The SMILES string of the molecule is Cc1nc(C)c(CNC(=O)CC(O)C(C)C)s1. The van der Waals surface area contributed by atoms with Gasteiger partial charge in [-0.1, -0.05) is 13.8 Å². The van der Waals surface area contributed by atoms with Crippen LogP contribution in [0.2, 0.25) is 0 Å². The van der Waals surface area contributed by atoms with Gasteiger partial charge in [-0.15, -0.1) is 11.3 Å². The van der Waals surface area contributed by atoms with E-state index in [9.17, 15) is 9.90 Å². The molecule has 0 aliphatic heterocycles. The standard InChI is InChI=1S/C12H20N2O2S/c1-7(2)10(15)5-12(16)13-6-11-8(3)14-9(4)17-11/h7,10,15H,5-6H2,1-4H3,(H,13,16). The van der Waals surface area contributed by atoms with Crippen molar-refractivity contribution in [1.29, 1.82) is 0 Å². The van der Waals surface area contributed by atoms with Gasteiger partial charge in [0.05, 0.1) is 29.8 Å². The maximum Gasteiger partial charge on any atom is 0.222 e. The predicted molar refractivity (Wildman–Crippen MR) is 68.9 cm³/mol. The first-order valence-electron chi connectivity index (χ1n) is 5.77. The van der Waals surface area contributed by atoms with Gasteiger partial charge in [0, 0.05) is 4.88 Å². The first kappa shape index (κ1) is 14.1. The van der Waals surface area contributed by atoms with Crippen LogP contribution in [0.15, 0.2) is 0 Å². The molecule has 1 rings (SSSR count). The molecule has 5 heteroatoms. The summed E-state index contributed by atoms with van der Waals surface area (Å²) in [4.78, 5) is 16.9. The largest absolute Gasteiger partial charge is 0.392 e. The van der Waals surface area contributed by atoms with Gasteiger partial charge in [0.15, 0.2) is 0 Å². The van der Waals surface area contributed by atoms with Crippen LogP contribution < -0.4 is 5.32 Å². The van der Waals surface area contributed by atoms with E-state index < -0.39 is 6.10 Å². The van der Waals surface area contributed by atoms with E-state index in [1.807, 2.05) is 27.7 Å². The molecule has 0 spiro atoms. The normalized spacial score (nSPS) is 12.8. The highest BCUT2D eigenvalue weighted by atomic mass is 32.1. The summed E-state index contributed by atoms with van der Waals surface area (Å²) < 4.78 is 0. The minimum absolute atomic E-state index is 0.105. The Morgan fingerprint density at radius 1 is 1.47 bits per heavy atom. The molecule has 2 N–H and O–H groups in total. The van der Waals surface area contributed by atoms with Crippen molar-refractivity contribution >= 4 is 17.2 Å². The highest BCUT2D eigenvalue weighted by Gasteiger charge is 2.14. The molecule has 0 aromatic carbocycles. The topological polar surface area (TPSA) is 62.2 Å². The van der Waals surface area contributed by atoms with E-state index in [1.165, 1.54) is 0 Å². The fourth-order valence-corrected chi connectivity index (χ4v) is 2.29.